The molecule has 6 nitrogen and oxygen atoms in total. The molecule has 6 heteroatoms. The van der Waals surface area contributed by atoms with Crippen LogP contribution in [0.1, 0.15) is 16.2 Å². The number of rotatable bonds is 6. The quantitative estimate of drug-likeness (QED) is 0.710. The van der Waals surface area contributed by atoms with Crippen LogP contribution in [-0.2, 0) is 4.74 Å². The number of aromatic nitrogens is 2. The summed E-state index contributed by atoms with van der Waals surface area (Å²) in [5.41, 5.74) is 7.10. The number of aromatic amines is 1. The van der Waals surface area contributed by atoms with E-state index < -0.39 is 0 Å². The molecule has 0 aliphatic carbocycles. The molecule has 0 aliphatic rings. The summed E-state index contributed by atoms with van der Waals surface area (Å²) in [7, 11) is 1.59. The maximum absolute atomic E-state index is 12.1. The second-order valence-electron chi connectivity index (χ2n) is 3.64. The summed E-state index contributed by atoms with van der Waals surface area (Å²) < 4.78 is 4.95. The lowest BCUT2D eigenvalue weighted by Crippen LogP contribution is -2.34. The van der Waals surface area contributed by atoms with Gasteiger partial charge in [-0.3, -0.25) is 9.89 Å². The van der Waals surface area contributed by atoms with E-state index in [1.807, 2.05) is 0 Å². The van der Waals surface area contributed by atoms with Gasteiger partial charge >= 0.3 is 0 Å². The Hall–Kier alpha value is -1.82. The molecule has 0 bridgehead atoms. The minimum atomic E-state index is -0.219. The zero-order chi connectivity index (χ0) is 12.8. The van der Waals surface area contributed by atoms with E-state index in [4.69, 9.17) is 10.5 Å². The van der Waals surface area contributed by atoms with Crippen molar-refractivity contribution in [1.82, 2.24) is 15.1 Å². The van der Waals surface area contributed by atoms with Crippen molar-refractivity contribution in [2.45, 2.75) is 6.92 Å². The van der Waals surface area contributed by atoms with Crippen LogP contribution in [0.3, 0.4) is 0 Å². The zero-order valence-electron chi connectivity index (χ0n) is 10.2. The first-order valence-corrected chi connectivity index (χ1v) is 5.31. The molecule has 0 aliphatic heterocycles. The van der Waals surface area contributed by atoms with Crippen molar-refractivity contribution in [2.24, 2.45) is 0 Å². The summed E-state index contributed by atoms with van der Waals surface area (Å²) in [6.45, 7) is 6.77. The maximum Gasteiger partial charge on any atom is 0.276 e. The number of hydrogen-bond donors (Lipinski definition) is 2. The topological polar surface area (TPSA) is 84.2 Å². The summed E-state index contributed by atoms with van der Waals surface area (Å²) >= 11 is 0. The number of carbonyl (C=O) groups is 1. The van der Waals surface area contributed by atoms with Gasteiger partial charge in [0.05, 0.1) is 18.0 Å². The lowest BCUT2D eigenvalue weighted by molar-refractivity contribution is 0.0713. The molecule has 0 fully saturated rings. The maximum atomic E-state index is 12.1. The minimum Gasteiger partial charge on any atom is -0.395 e. The van der Waals surface area contributed by atoms with E-state index >= 15 is 0 Å². The number of nitrogen functional groups attached to an aromatic ring is 1. The van der Waals surface area contributed by atoms with E-state index in [0.717, 1.165) is 0 Å². The van der Waals surface area contributed by atoms with Gasteiger partial charge in [0.25, 0.3) is 5.91 Å². The Bertz CT molecular complexity index is 400. The number of ether oxygens (including phenoxy) is 1. The number of amides is 1. The highest BCUT2D eigenvalue weighted by Crippen LogP contribution is 2.14. The summed E-state index contributed by atoms with van der Waals surface area (Å²) in [5, 5.41) is 6.60. The molecule has 0 aromatic carbocycles. The van der Waals surface area contributed by atoms with Gasteiger partial charge in [-0.15, -0.1) is 6.58 Å². The number of nitrogens with one attached hydrogen (secondary N) is 1. The summed E-state index contributed by atoms with van der Waals surface area (Å²) in [6, 6.07) is 0. The van der Waals surface area contributed by atoms with Gasteiger partial charge < -0.3 is 15.4 Å². The molecule has 94 valence electrons. The fourth-order valence-corrected chi connectivity index (χ4v) is 1.38. The Morgan fingerprint density at radius 2 is 2.41 bits per heavy atom. The van der Waals surface area contributed by atoms with E-state index in [9.17, 15) is 4.79 Å². The first-order valence-electron chi connectivity index (χ1n) is 5.31. The fourth-order valence-electron chi connectivity index (χ4n) is 1.38. The summed E-state index contributed by atoms with van der Waals surface area (Å²) in [6.07, 6.45) is 1.66. The number of methoxy groups -OCH3 is 1. The predicted molar refractivity (Wildman–Crippen MR) is 65.7 cm³/mol. The van der Waals surface area contributed by atoms with Crippen molar-refractivity contribution in [3.63, 3.8) is 0 Å². The number of hydrogen-bond acceptors (Lipinski definition) is 4. The molecular weight excluding hydrogens is 220 g/mol. The molecular formula is C11H18N4O2. The van der Waals surface area contributed by atoms with Crippen molar-refractivity contribution in [3.8, 4) is 0 Å². The predicted octanol–water partition coefficient (Wildman–Crippen LogP) is 0.575. The van der Waals surface area contributed by atoms with Crippen molar-refractivity contribution in [2.75, 3.05) is 32.5 Å². The Balaban J connectivity index is 2.83. The minimum absolute atomic E-state index is 0.219. The molecule has 0 saturated heterocycles. The van der Waals surface area contributed by atoms with Crippen LogP contribution in [0.2, 0.25) is 0 Å². The van der Waals surface area contributed by atoms with Gasteiger partial charge in [-0.25, -0.2) is 0 Å². The third-order valence-corrected chi connectivity index (χ3v) is 2.40. The average molecular weight is 238 g/mol. The van der Waals surface area contributed by atoms with E-state index in [-0.39, 0.29) is 11.6 Å². The van der Waals surface area contributed by atoms with Gasteiger partial charge in [0.15, 0.2) is 5.69 Å². The van der Waals surface area contributed by atoms with Crippen LogP contribution in [0.15, 0.2) is 12.7 Å². The summed E-state index contributed by atoms with van der Waals surface area (Å²) in [5.74, 6) is -0.219. The lowest BCUT2D eigenvalue weighted by Gasteiger charge is -2.19. The molecule has 0 unspecified atom stereocenters. The standard InChI is InChI=1S/C11H18N4O2/c1-4-5-15(6-7-17-3)11(16)10-9(12)8(2)13-14-10/h4H,1,5-7,12H2,2-3H3,(H,13,14). The van der Waals surface area contributed by atoms with E-state index in [1.165, 1.54) is 0 Å². The number of nitrogens with zero attached hydrogens (tertiary/aromatic N) is 2. The first kappa shape index (κ1) is 13.2. The third kappa shape index (κ3) is 3.07. The second-order valence-corrected chi connectivity index (χ2v) is 3.64. The van der Waals surface area contributed by atoms with E-state index in [2.05, 4.69) is 16.8 Å². The normalized spacial score (nSPS) is 10.2. The third-order valence-electron chi connectivity index (χ3n) is 2.40. The molecule has 0 spiro atoms. The Morgan fingerprint density at radius 1 is 1.71 bits per heavy atom. The van der Waals surface area contributed by atoms with Gasteiger partial charge in [-0.05, 0) is 6.92 Å². The molecule has 3 N–H and O–H groups in total. The second kappa shape index (κ2) is 6.05. The van der Waals surface area contributed by atoms with Gasteiger partial charge in [0.1, 0.15) is 0 Å². The molecule has 1 aromatic heterocycles. The fraction of sp³-hybridized carbons (Fsp3) is 0.455. The number of H-pyrrole nitrogens is 1. The summed E-state index contributed by atoms with van der Waals surface area (Å²) in [4.78, 5) is 13.7. The van der Waals surface area contributed by atoms with Crippen LogP contribution in [0.5, 0.6) is 0 Å². The van der Waals surface area contributed by atoms with Crippen LogP contribution in [0, 0.1) is 6.92 Å². The smallest absolute Gasteiger partial charge is 0.276 e. The van der Waals surface area contributed by atoms with Crippen molar-refractivity contribution in [1.29, 1.82) is 0 Å². The molecule has 0 saturated carbocycles. The van der Waals surface area contributed by atoms with Gasteiger partial charge in [0, 0.05) is 20.2 Å². The van der Waals surface area contributed by atoms with Crippen molar-refractivity contribution in [3.05, 3.63) is 24.0 Å². The monoisotopic (exact) mass is 238 g/mol. The average Bonchev–Trinajstić information content (AvgIpc) is 2.65. The van der Waals surface area contributed by atoms with Crippen molar-refractivity contribution >= 4 is 11.6 Å². The van der Waals surface area contributed by atoms with Crippen LogP contribution in [0.25, 0.3) is 0 Å². The van der Waals surface area contributed by atoms with Crippen LogP contribution in [-0.4, -0.2) is 47.8 Å². The Kier molecular flexibility index (Phi) is 4.71. The van der Waals surface area contributed by atoms with E-state index in [0.29, 0.717) is 31.1 Å². The number of anilines is 1. The van der Waals surface area contributed by atoms with Crippen molar-refractivity contribution < 1.29 is 9.53 Å². The molecule has 0 radical (unpaired) electrons. The molecule has 17 heavy (non-hydrogen) atoms. The lowest BCUT2D eigenvalue weighted by atomic mass is 10.2. The number of carbonyl (C=O) groups excluding carboxylic acids is 1. The van der Waals surface area contributed by atoms with E-state index in [1.54, 1.807) is 25.0 Å². The Labute approximate surface area is 100 Å². The largest absolute Gasteiger partial charge is 0.395 e. The molecule has 0 atom stereocenters. The molecule has 1 heterocycles. The van der Waals surface area contributed by atoms with Gasteiger partial charge in [-0.1, -0.05) is 6.08 Å². The molecule has 1 aromatic rings. The Morgan fingerprint density at radius 3 is 2.88 bits per heavy atom. The SMILES string of the molecule is C=CCN(CCOC)C(=O)c1n[nH]c(C)c1N. The zero-order valence-corrected chi connectivity index (χ0v) is 10.2. The van der Waals surface area contributed by atoms with Crippen LogP contribution < -0.4 is 5.73 Å². The number of nitrogens with two attached hydrogens (primary N) is 1. The van der Waals surface area contributed by atoms with Gasteiger partial charge in [0.2, 0.25) is 0 Å². The molecule has 1 rings (SSSR count). The van der Waals surface area contributed by atoms with Crippen LogP contribution in [0.4, 0.5) is 5.69 Å². The van der Waals surface area contributed by atoms with Gasteiger partial charge in [-0.2, -0.15) is 5.10 Å². The highest BCUT2D eigenvalue weighted by atomic mass is 16.5. The highest BCUT2D eigenvalue weighted by Gasteiger charge is 2.20. The molecule has 1 amide bonds. The first-order chi connectivity index (χ1) is 8.11. The van der Waals surface area contributed by atoms with Crippen LogP contribution >= 0.6 is 0 Å². The highest BCUT2D eigenvalue weighted by molar-refractivity contribution is 5.97. The number of aryl methyl sites for hydroxylation is 1.